The fourth-order valence-corrected chi connectivity index (χ4v) is 1.81. The largest absolute Gasteiger partial charge is 0.399 e. The van der Waals surface area contributed by atoms with Crippen molar-refractivity contribution >= 4 is 28.1 Å². The first-order valence-corrected chi connectivity index (χ1v) is 6.02. The molecule has 0 spiro atoms. The van der Waals surface area contributed by atoms with Gasteiger partial charge in [-0.2, -0.15) is 0 Å². The number of rotatable bonds is 4. The smallest absolute Gasteiger partial charge is 0.226 e. The van der Waals surface area contributed by atoms with Gasteiger partial charge in [0, 0.05) is 12.1 Å². The number of nitrogens with one attached hydrogen (secondary N) is 1. The molecular weight excluding hydrogens is 236 g/mol. The summed E-state index contributed by atoms with van der Waals surface area (Å²) in [6.45, 7) is 0. The van der Waals surface area contributed by atoms with Crippen LogP contribution in [0.1, 0.15) is 12.0 Å². The summed E-state index contributed by atoms with van der Waals surface area (Å²) in [5.41, 5.74) is 8.98. The SMILES string of the molecule is Nc1ccc(CCC(=O)Nc2nncs2)cc1. The molecule has 17 heavy (non-hydrogen) atoms. The Morgan fingerprint density at radius 1 is 1.35 bits per heavy atom. The van der Waals surface area contributed by atoms with Crippen LogP contribution in [0.5, 0.6) is 0 Å². The molecule has 0 radical (unpaired) electrons. The average Bonchev–Trinajstić information content (AvgIpc) is 2.81. The van der Waals surface area contributed by atoms with E-state index in [1.165, 1.54) is 11.3 Å². The highest BCUT2D eigenvalue weighted by Gasteiger charge is 2.04. The molecule has 88 valence electrons. The third-order valence-electron chi connectivity index (χ3n) is 2.23. The lowest BCUT2D eigenvalue weighted by atomic mass is 10.1. The van der Waals surface area contributed by atoms with E-state index in [1.807, 2.05) is 24.3 Å². The van der Waals surface area contributed by atoms with Gasteiger partial charge >= 0.3 is 0 Å². The second-order valence-electron chi connectivity index (χ2n) is 3.53. The molecule has 2 rings (SSSR count). The Labute approximate surface area is 103 Å². The van der Waals surface area contributed by atoms with Crippen LogP contribution in [0.2, 0.25) is 0 Å². The molecule has 0 saturated heterocycles. The van der Waals surface area contributed by atoms with Gasteiger partial charge in [0.15, 0.2) is 0 Å². The number of anilines is 2. The molecule has 1 amide bonds. The minimum absolute atomic E-state index is 0.0569. The van der Waals surface area contributed by atoms with Gasteiger partial charge in [-0.15, -0.1) is 10.2 Å². The zero-order chi connectivity index (χ0) is 12.1. The standard InChI is InChI=1S/C11H12N4OS/c12-9-4-1-8(2-5-9)3-6-10(16)14-11-15-13-7-17-11/h1-2,4-5,7H,3,6,12H2,(H,14,15,16). The van der Waals surface area contributed by atoms with Crippen LogP contribution in [0.3, 0.4) is 0 Å². The van der Waals surface area contributed by atoms with Crippen molar-refractivity contribution in [1.29, 1.82) is 0 Å². The number of carbonyl (C=O) groups excluding carboxylic acids is 1. The second-order valence-corrected chi connectivity index (χ2v) is 4.37. The van der Waals surface area contributed by atoms with E-state index in [0.29, 0.717) is 18.0 Å². The third kappa shape index (κ3) is 3.53. The molecule has 1 aromatic heterocycles. The Morgan fingerprint density at radius 2 is 2.12 bits per heavy atom. The first-order valence-electron chi connectivity index (χ1n) is 5.14. The number of hydrogen-bond acceptors (Lipinski definition) is 5. The highest BCUT2D eigenvalue weighted by Crippen LogP contribution is 2.10. The number of carbonyl (C=O) groups is 1. The van der Waals surface area contributed by atoms with Crippen LogP contribution in [-0.4, -0.2) is 16.1 Å². The Balaban J connectivity index is 1.82. The Hall–Kier alpha value is -1.95. The topological polar surface area (TPSA) is 80.9 Å². The number of benzene rings is 1. The zero-order valence-corrected chi connectivity index (χ0v) is 9.91. The fraction of sp³-hybridized carbons (Fsp3) is 0.182. The molecule has 0 aliphatic carbocycles. The Bertz CT molecular complexity index is 481. The summed E-state index contributed by atoms with van der Waals surface area (Å²) < 4.78 is 0. The third-order valence-corrected chi connectivity index (χ3v) is 2.83. The van der Waals surface area contributed by atoms with Gasteiger partial charge in [-0.3, -0.25) is 4.79 Å². The monoisotopic (exact) mass is 248 g/mol. The van der Waals surface area contributed by atoms with E-state index in [9.17, 15) is 4.79 Å². The summed E-state index contributed by atoms with van der Waals surface area (Å²) in [5, 5.41) is 10.6. The normalized spacial score (nSPS) is 10.1. The van der Waals surface area contributed by atoms with E-state index in [-0.39, 0.29) is 5.91 Å². The predicted molar refractivity (Wildman–Crippen MR) is 67.7 cm³/mol. The summed E-state index contributed by atoms with van der Waals surface area (Å²) in [7, 11) is 0. The van der Waals surface area contributed by atoms with Gasteiger partial charge in [-0.1, -0.05) is 23.5 Å². The molecule has 0 aliphatic rings. The van der Waals surface area contributed by atoms with E-state index in [0.717, 1.165) is 11.3 Å². The molecule has 0 unspecified atom stereocenters. The number of aryl methyl sites for hydroxylation is 1. The van der Waals surface area contributed by atoms with Crippen LogP contribution in [-0.2, 0) is 11.2 Å². The molecule has 0 saturated carbocycles. The summed E-state index contributed by atoms with van der Waals surface area (Å²) in [4.78, 5) is 11.6. The van der Waals surface area contributed by atoms with Crippen molar-refractivity contribution in [2.24, 2.45) is 0 Å². The number of nitrogens with zero attached hydrogens (tertiary/aromatic N) is 2. The Kier molecular flexibility index (Phi) is 3.66. The van der Waals surface area contributed by atoms with Gasteiger partial charge in [-0.05, 0) is 24.1 Å². The fourth-order valence-electron chi connectivity index (χ4n) is 1.35. The minimum Gasteiger partial charge on any atom is -0.399 e. The van der Waals surface area contributed by atoms with Crippen LogP contribution >= 0.6 is 11.3 Å². The summed E-state index contributed by atoms with van der Waals surface area (Å²) in [5.74, 6) is -0.0569. The molecular formula is C11H12N4OS. The highest BCUT2D eigenvalue weighted by molar-refractivity contribution is 7.13. The van der Waals surface area contributed by atoms with Gasteiger partial charge < -0.3 is 11.1 Å². The second kappa shape index (κ2) is 5.40. The van der Waals surface area contributed by atoms with Crippen LogP contribution in [0.4, 0.5) is 10.8 Å². The maximum atomic E-state index is 11.6. The van der Waals surface area contributed by atoms with Gasteiger partial charge in [0.25, 0.3) is 0 Å². The molecule has 0 fully saturated rings. The zero-order valence-electron chi connectivity index (χ0n) is 9.09. The van der Waals surface area contributed by atoms with Crippen molar-refractivity contribution in [3.8, 4) is 0 Å². The van der Waals surface area contributed by atoms with E-state index in [4.69, 9.17) is 5.73 Å². The lowest BCUT2D eigenvalue weighted by molar-refractivity contribution is -0.116. The first-order chi connectivity index (χ1) is 8.24. The van der Waals surface area contributed by atoms with Crippen molar-refractivity contribution in [3.05, 3.63) is 35.3 Å². The van der Waals surface area contributed by atoms with E-state index >= 15 is 0 Å². The Morgan fingerprint density at radius 3 is 2.76 bits per heavy atom. The molecule has 1 aromatic carbocycles. The van der Waals surface area contributed by atoms with Crippen LogP contribution in [0.15, 0.2) is 29.8 Å². The van der Waals surface area contributed by atoms with E-state index in [2.05, 4.69) is 15.5 Å². The van der Waals surface area contributed by atoms with Crippen LogP contribution < -0.4 is 11.1 Å². The molecule has 0 aliphatic heterocycles. The number of aromatic nitrogens is 2. The van der Waals surface area contributed by atoms with Gasteiger partial charge in [0.1, 0.15) is 5.51 Å². The average molecular weight is 248 g/mol. The number of nitrogens with two attached hydrogens (primary N) is 1. The number of nitrogen functional groups attached to an aromatic ring is 1. The van der Waals surface area contributed by atoms with Crippen LogP contribution in [0, 0.1) is 0 Å². The lowest BCUT2D eigenvalue weighted by Crippen LogP contribution is -2.12. The molecule has 2 aromatic rings. The number of amides is 1. The maximum Gasteiger partial charge on any atom is 0.226 e. The number of hydrogen-bond donors (Lipinski definition) is 2. The molecule has 0 bridgehead atoms. The van der Waals surface area contributed by atoms with Crippen molar-refractivity contribution in [2.45, 2.75) is 12.8 Å². The summed E-state index contributed by atoms with van der Waals surface area (Å²) in [6.07, 6.45) is 1.11. The van der Waals surface area contributed by atoms with E-state index < -0.39 is 0 Å². The van der Waals surface area contributed by atoms with Gasteiger partial charge in [-0.25, -0.2) is 0 Å². The quantitative estimate of drug-likeness (QED) is 0.807. The van der Waals surface area contributed by atoms with Crippen molar-refractivity contribution < 1.29 is 4.79 Å². The molecule has 0 atom stereocenters. The lowest BCUT2D eigenvalue weighted by Gasteiger charge is -2.02. The molecule has 3 N–H and O–H groups in total. The highest BCUT2D eigenvalue weighted by atomic mass is 32.1. The predicted octanol–water partition coefficient (Wildman–Crippen LogP) is 1.69. The summed E-state index contributed by atoms with van der Waals surface area (Å²) in [6, 6.07) is 7.51. The van der Waals surface area contributed by atoms with Crippen molar-refractivity contribution in [3.63, 3.8) is 0 Å². The first kappa shape index (κ1) is 11.5. The molecule has 6 heteroatoms. The minimum atomic E-state index is -0.0569. The van der Waals surface area contributed by atoms with Gasteiger partial charge in [0.05, 0.1) is 0 Å². The van der Waals surface area contributed by atoms with E-state index in [1.54, 1.807) is 5.51 Å². The van der Waals surface area contributed by atoms with Gasteiger partial charge in [0.2, 0.25) is 11.0 Å². The molecule has 5 nitrogen and oxygen atoms in total. The molecule has 1 heterocycles. The van der Waals surface area contributed by atoms with Crippen molar-refractivity contribution in [2.75, 3.05) is 11.1 Å². The van der Waals surface area contributed by atoms with Crippen molar-refractivity contribution in [1.82, 2.24) is 10.2 Å². The summed E-state index contributed by atoms with van der Waals surface area (Å²) >= 11 is 1.30. The maximum absolute atomic E-state index is 11.6. The van der Waals surface area contributed by atoms with Crippen LogP contribution in [0.25, 0.3) is 0 Å².